The second-order valence-corrected chi connectivity index (χ2v) is 5.26. The van der Waals surface area contributed by atoms with Gasteiger partial charge in [-0.25, -0.2) is 0 Å². The predicted octanol–water partition coefficient (Wildman–Crippen LogP) is 3.49. The van der Waals surface area contributed by atoms with Crippen molar-refractivity contribution < 1.29 is 0 Å². The van der Waals surface area contributed by atoms with E-state index in [9.17, 15) is 0 Å². The summed E-state index contributed by atoms with van der Waals surface area (Å²) in [6.07, 6.45) is 3.57. The van der Waals surface area contributed by atoms with E-state index in [1.54, 1.807) is 12.4 Å². The van der Waals surface area contributed by atoms with Crippen LogP contribution in [0.1, 0.15) is 17.0 Å². The van der Waals surface area contributed by atoms with E-state index in [1.165, 1.54) is 5.56 Å². The molecule has 0 unspecified atom stereocenters. The molecule has 18 heavy (non-hydrogen) atoms. The fourth-order valence-electron chi connectivity index (χ4n) is 1.50. The summed E-state index contributed by atoms with van der Waals surface area (Å²) in [5, 5.41) is 4.04. The molecule has 0 aliphatic carbocycles. The van der Waals surface area contributed by atoms with Crippen molar-refractivity contribution in [1.82, 2.24) is 15.3 Å². The van der Waals surface area contributed by atoms with Crippen molar-refractivity contribution >= 4 is 27.5 Å². The summed E-state index contributed by atoms with van der Waals surface area (Å²) in [5.41, 5.74) is 3.04. The smallest absolute Gasteiger partial charge is 0.0724 e. The molecule has 0 saturated carbocycles. The van der Waals surface area contributed by atoms with Gasteiger partial charge < -0.3 is 5.32 Å². The van der Waals surface area contributed by atoms with Gasteiger partial charge in [-0.1, -0.05) is 17.7 Å². The number of hydrogen-bond acceptors (Lipinski definition) is 3. The van der Waals surface area contributed by atoms with Gasteiger partial charge in [0.2, 0.25) is 0 Å². The zero-order chi connectivity index (χ0) is 13.0. The number of nitrogens with zero attached hydrogens (tertiary/aromatic N) is 2. The lowest BCUT2D eigenvalue weighted by molar-refractivity contribution is 0.675. The van der Waals surface area contributed by atoms with Crippen LogP contribution in [0, 0.1) is 6.92 Å². The van der Waals surface area contributed by atoms with Gasteiger partial charge >= 0.3 is 0 Å². The van der Waals surface area contributed by atoms with Gasteiger partial charge in [0.05, 0.1) is 16.4 Å². The molecule has 1 N–H and O–H groups in total. The summed E-state index contributed by atoms with van der Waals surface area (Å²) < 4.78 is 0.915. The molecular weight excluding hydrogens is 314 g/mol. The highest BCUT2D eigenvalue weighted by atomic mass is 79.9. The van der Waals surface area contributed by atoms with E-state index >= 15 is 0 Å². The third kappa shape index (κ3) is 3.77. The average Bonchev–Trinajstić information content (AvgIpc) is 2.36. The number of nitrogens with one attached hydrogen (secondary N) is 1. The molecule has 3 nitrogen and oxygen atoms in total. The molecule has 2 rings (SSSR count). The quantitative estimate of drug-likeness (QED) is 0.934. The largest absolute Gasteiger partial charge is 0.307 e. The molecule has 94 valence electrons. The summed E-state index contributed by atoms with van der Waals surface area (Å²) >= 11 is 9.35. The second kappa shape index (κ2) is 6.27. The van der Waals surface area contributed by atoms with E-state index in [-0.39, 0.29) is 0 Å². The minimum atomic E-state index is 0.702. The van der Waals surface area contributed by atoms with Crippen LogP contribution >= 0.6 is 27.5 Å². The molecule has 0 fully saturated rings. The Morgan fingerprint density at radius 2 is 2.06 bits per heavy atom. The van der Waals surface area contributed by atoms with Gasteiger partial charge in [-0.15, -0.1) is 0 Å². The van der Waals surface area contributed by atoms with Crippen molar-refractivity contribution in [2.24, 2.45) is 0 Å². The highest BCUT2D eigenvalue weighted by Gasteiger charge is 2.00. The zero-order valence-corrected chi connectivity index (χ0v) is 12.3. The van der Waals surface area contributed by atoms with Gasteiger partial charge in [-0.2, -0.15) is 0 Å². The van der Waals surface area contributed by atoms with Crippen LogP contribution in [0.2, 0.25) is 5.02 Å². The number of aryl methyl sites for hydroxylation is 1. The summed E-state index contributed by atoms with van der Waals surface area (Å²) in [7, 11) is 0. The molecular formula is C13H13BrClN3. The summed E-state index contributed by atoms with van der Waals surface area (Å²) in [6, 6.07) is 5.89. The Balaban J connectivity index is 1.88. The van der Waals surface area contributed by atoms with Crippen LogP contribution in [0.5, 0.6) is 0 Å². The summed E-state index contributed by atoms with van der Waals surface area (Å²) in [5.74, 6) is 0. The maximum Gasteiger partial charge on any atom is 0.0724 e. The molecule has 0 spiro atoms. The third-order valence-electron chi connectivity index (χ3n) is 2.45. The Kier molecular flexibility index (Phi) is 4.69. The Morgan fingerprint density at radius 1 is 1.22 bits per heavy atom. The van der Waals surface area contributed by atoms with Crippen LogP contribution in [-0.2, 0) is 13.1 Å². The predicted molar refractivity (Wildman–Crippen MR) is 76.5 cm³/mol. The molecule has 2 aromatic rings. The normalized spacial score (nSPS) is 10.6. The van der Waals surface area contributed by atoms with E-state index in [2.05, 4.69) is 31.2 Å². The minimum Gasteiger partial charge on any atom is -0.307 e. The first-order valence-electron chi connectivity index (χ1n) is 5.57. The maximum atomic E-state index is 5.94. The molecule has 0 atom stereocenters. The van der Waals surface area contributed by atoms with Crippen molar-refractivity contribution in [2.45, 2.75) is 20.0 Å². The minimum absolute atomic E-state index is 0.702. The number of hydrogen-bond donors (Lipinski definition) is 1. The fraction of sp³-hybridized carbons (Fsp3) is 0.231. The van der Waals surface area contributed by atoms with Crippen molar-refractivity contribution in [2.75, 3.05) is 0 Å². The molecule has 0 amide bonds. The molecule has 0 saturated heterocycles. The third-order valence-corrected chi connectivity index (χ3v) is 3.67. The SMILES string of the molecule is Cc1cnc(CNCc2ccc(Cl)c(Br)c2)cn1. The van der Waals surface area contributed by atoms with Gasteiger partial charge in [0, 0.05) is 30.0 Å². The fourth-order valence-corrected chi connectivity index (χ4v) is 2.04. The number of halogens is 2. The van der Waals surface area contributed by atoms with E-state index in [4.69, 9.17) is 11.6 Å². The lowest BCUT2D eigenvalue weighted by Crippen LogP contribution is -2.14. The molecule has 0 aliphatic rings. The van der Waals surface area contributed by atoms with Gasteiger partial charge in [-0.3, -0.25) is 9.97 Å². The van der Waals surface area contributed by atoms with Crippen LogP contribution in [-0.4, -0.2) is 9.97 Å². The summed E-state index contributed by atoms with van der Waals surface area (Å²) in [4.78, 5) is 8.49. The van der Waals surface area contributed by atoms with Crippen LogP contribution < -0.4 is 5.32 Å². The molecule has 1 aromatic carbocycles. The van der Waals surface area contributed by atoms with Crippen molar-refractivity contribution in [3.63, 3.8) is 0 Å². The Labute approximate surface area is 120 Å². The van der Waals surface area contributed by atoms with Crippen LogP contribution in [0.15, 0.2) is 35.1 Å². The number of aromatic nitrogens is 2. The molecule has 0 aliphatic heterocycles. The molecule has 1 aromatic heterocycles. The van der Waals surface area contributed by atoms with Gasteiger partial charge in [0.25, 0.3) is 0 Å². The molecule has 0 bridgehead atoms. The van der Waals surface area contributed by atoms with E-state index < -0.39 is 0 Å². The first kappa shape index (κ1) is 13.5. The lowest BCUT2D eigenvalue weighted by Gasteiger charge is -2.06. The molecule has 1 heterocycles. The Bertz CT molecular complexity index is 528. The van der Waals surface area contributed by atoms with Crippen molar-refractivity contribution in [1.29, 1.82) is 0 Å². The van der Waals surface area contributed by atoms with Crippen LogP contribution in [0.4, 0.5) is 0 Å². The molecule has 5 heteroatoms. The van der Waals surface area contributed by atoms with E-state index in [0.29, 0.717) is 6.54 Å². The lowest BCUT2D eigenvalue weighted by atomic mass is 10.2. The van der Waals surface area contributed by atoms with Crippen molar-refractivity contribution in [3.8, 4) is 0 Å². The zero-order valence-electron chi connectivity index (χ0n) is 9.95. The first-order valence-corrected chi connectivity index (χ1v) is 6.74. The van der Waals surface area contributed by atoms with Crippen LogP contribution in [0.3, 0.4) is 0 Å². The van der Waals surface area contributed by atoms with E-state index in [0.717, 1.165) is 27.4 Å². The average molecular weight is 327 g/mol. The van der Waals surface area contributed by atoms with E-state index in [1.807, 2.05) is 25.1 Å². The summed E-state index contributed by atoms with van der Waals surface area (Å²) in [6.45, 7) is 3.40. The topological polar surface area (TPSA) is 37.8 Å². The highest BCUT2D eigenvalue weighted by molar-refractivity contribution is 9.10. The Morgan fingerprint density at radius 3 is 2.72 bits per heavy atom. The van der Waals surface area contributed by atoms with Crippen LogP contribution in [0.25, 0.3) is 0 Å². The maximum absolute atomic E-state index is 5.94. The number of rotatable bonds is 4. The Hall–Kier alpha value is -0.970. The van der Waals surface area contributed by atoms with Crippen molar-refractivity contribution in [3.05, 3.63) is 57.0 Å². The monoisotopic (exact) mass is 325 g/mol. The van der Waals surface area contributed by atoms with Gasteiger partial charge in [0.15, 0.2) is 0 Å². The molecule has 0 radical (unpaired) electrons. The first-order chi connectivity index (χ1) is 8.65. The highest BCUT2D eigenvalue weighted by Crippen LogP contribution is 2.23. The number of benzene rings is 1. The second-order valence-electron chi connectivity index (χ2n) is 4.00. The standard InChI is InChI=1S/C13H13BrClN3/c1-9-5-18-11(8-17-9)7-16-6-10-2-3-13(15)12(14)4-10/h2-5,8,16H,6-7H2,1H3. The van der Waals surface area contributed by atoms with Gasteiger partial charge in [0.1, 0.15) is 0 Å². The van der Waals surface area contributed by atoms with Gasteiger partial charge in [-0.05, 0) is 40.5 Å².